The first-order valence-electron chi connectivity index (χ1n) is 16.7. The van der Waals surface area contributed by atoms with Crippen molar-refractivity contribution in [1.82, 2.24) is 0 Å². The topological polar surface area (TPSA) is 0 Å². The first kappa shape index (κ1) is 26.4. The van der Waals surface area contributed by atoms with E-state index in [1.807, 2.05) is 11.8 Å². The summed E-state index contributed by atoms with van der Waals surface area (Å²) in [6.07, 6.45) is 0. The Labute approximate surface area is 284 Å². The van der Waals surface area contributed by atoms with Gasteiger partial charge in [-0.15, -0.1) is 0 Å². The molecule has 1 spiro atoms. The summed E-state index contributed by atoms with van der Waals surface area (Å²) in [4.78, 5) is 2.66. The molecule has 0 saturated carbocycles. The van der Waals surface area contributed by atoms with Crippen molar-refractivity contribution < 1.29 is 0 Å². The Bertz CT molecular complexity index is 2600. The molecule has 48 heavy (non-hydrogen) atoms. The summed E-state index contributed by atoms with van der Waals surface area (Å²) in [6, 6.07) is 63.7. The molecule has 0 fully saturated rings. The summed E-state index contributed by atoms with van der Waals surface area (Å²) >= 11 is 1.89. The lowest BCUT2D eigenvalue weighted by atomic mass is 9.70. The van der Waals surface area contributed by atoms with Crippen molar-refractivity contribution in [2.24, 2.45) is 0 Å². The number of fused-ring (bicyclic) bond motifs is 12. The maximum absolute atomic E-state index is 2.50. The summed E-state index contributed by atoms with van der Waals surface area (Å²) in [5.74, 6) is 0. The van der Waals surface area contributed by atoms with Crippen molar-refractivity contribution in [3.05, 3.63) is 192 Å². The van der Waals surface area contributed by atoms with Crippen molar-refractivity contribution in [3.63, 3.8) is 0 Å². The zero-order valence-electron chi connectivity index (χ0n) is 26.1. The molecule has 0 radical (unpaired) electrons. The molecule has 0 nitrogen and oxygen atoms in total. The van der Waals surface area contributed by atoms with Crippen LogP contribution in [-0.2, 0) is 5.41 Å². The molecule has 1 aliphatic heterocycles. The van der Waals surface area contributed by atoms with Gasteiger partial charge in [0.1, 0.15) is 0 Å². The maximum atomic E-state index is 2.50. The molecule has 8 aromatic rings. The van der Waals surface area contributed by atoms with E-state index < -0.39 is 0 Å². The van der Waals surface area contributed by atoms with Crippen LogP contribution < -0.4 is 0 Å². The van der Waals surface area contributed by atoms with E-state index in [0.29, 0.717) is 0 Å². The predicted octanol–water partition coefficient (Wildman–Crippen LogP) is 12.6. The van der Waals surface area contributed by atoms with Crippen LogP contribution in [0, 0.1) is 0 Å². The Morgan fingerprint density at radius 2 is 0.833 bits per heavy atom. The lowest BCUT2D eigenvalue weighted by Crippen LogP contribution is -2.25. The average molecular weight is 625 g/mol. The van der Waals surface area contributed by atoms with Crippen LogP contribution in [0.3, 0.4) is 0 Å². The van der Waals surface area contributed by atoms with Gasteiger partial charge in [0.15, 0.2) is 0 Å². The fraction of sp³-hybridized carbons (Fsp3) is 0.0213. The monoisotopic (exact) mass is 624 g/mol. The molecule has 0 bridgehead atoms. The van der Waals surface area contributed by atoms with Gasteiger partial charge in [-0.2, -0.15) is 0 Å². The molecule has 0 unspecified atom stereocenters. The van der Waals surface area contributed by atoms with E-state index in [1.165, 1.54) is 98.5 Å². The van der Waals surface area contributed by atoms with Crippen LogP contribution in [0.15, 0.2) is 180 Å². The van der Waals surface area contributed by atoms with Crippen molar-refractivity contribution in [3.8, 4) is 55.6 Å². The van der Waals surface area contributed by atoms with Gasteiger partial charge in [0.25, 0.3) is 0 Å². The summed E-state index contributed by atoms with van der Waals surface area (Å²) < 4.78 is 0. The molecule has 222 valence electrons. The summed E-state index contributed by atoms with van der Waals surface area (Å²) in [5.41, 5.74) is 18.2. The normalized spacial score (nSPS) is 13.9. The number of hydrogen-bond acceptors (Lipinski definition) is 1. The molecule has 3 aliphatic rings. The zero-order chi connectivity index (χ0) is 31.4. The lowest BCUT2D eigenvalue weighted by Gasteiger charge is -2.30. The minimum absolute atomic E-state index is 0.352. The molecule has 0 aromatic heterocycles. The Morgan fingerprint density at radius 1 is 0.312 bits per heavy atom. The predicted molar refractivity (Wildman–Crippen MR) is 201 cm³/mol. The van der Waals surface area contributed by atoms with Gasteiger partial charge >= 0.3 is 0 Å². The van der Waals surface area contributed by atoms with Gasteiger partial charge in [0, 0.05) is 15.2 Å². The lowest BCUT2D eigenvalue weighted by molar-refractivity contribution is 0.794. The highest BCUT2D eigenvalue weighted by atomic mass is 32.2. The number of benzene rings is 8. The maximum Gasteiger partial charge on any atom is 0.0725 e. The SMILES string of the molecule is c1ccc2c(c1)Sc1ccc(-c3ccccc3-c3ccc4c(c3)C3(c5ccccc5-c5ccccc53)c3ccccc3-4)c3cccc-2c13. The van der Waals surface area contributed by atoms with E-state index in [0.717, 1.165) is 0 Å². The minimum Gasteiger partial charge on any atom is -0.0888 e. The average Bonchev–Trinajstić information content (AvgIpc) is 3.62. The van der Waals surface area contributed by atoms with Crippen LogP contribution in [0.1, 0.15) is 22.3 Å². The van der Waals surface area contributed by atoms with Gasteiger partial charge in [-0.25, -0.2) is 0 Å². The van der Waals surface area contributed by atoms with Gasteiger partial charge in [-0.3, -0.25) is 0 Å². The Kier molecular flexibility index (Phi) is 5.34. The molecule has 1 heterocycles. The fourth-order valence-electron chi connectivity index (χ4n) is 9.05. The summed E-state index contributed by atoms with van der Waals surface area (Å²) in [5, 5.41) is 2.67. The summed E-state index contributed by atoms with van der Waals surface area (Å²) in [7, 11) is 0. The van der Waals surface area contributed by atoms with Crippen LogP contribution in [-0.4, -0.2) is 0 Å². The van der Waals surface area contributed by atoms with E-state index in [1.54, 1.807) is 0 Å². The van der Waals surface area contributed by atoms with Crippen LogP contribution in [0.4, 0.5) is 0 Å². The molecule has 0 atom stereocenters. The second kappa shape index (κ2) is 9.70. The summed E-state index contributed by atoms with van der Waals surface area (Å²) in [6.45, 7) is 0. The van der Waals surface area contributed by atoms with Crippen LogP contribution in [0.5, 0.6) is 0 Å². The quantitative estimate of drug-likeness (QED) is 0.184. The standard InChI is InChI=1S/C47H28S/c1-2-13-31(32-26-27-45-46-38(32)18-11-19-39(46)37-17-6-10-23-44(37)48-45)30(12-1)29-24-25-36-35-16-5-9-22-42(35)47(43(36)28-29)40-20-7-3-14-33(40)34-15-4-8-21-41(34)47/h1-28H. The molecule has 1 heteroatoms. The molecule has 0 amide bonds. The van der Waals surface area contributed by atoms with Crippen LogP contribution in [0.2, 0.25) is 0 Å². The number of hydrogen-bond donors (Lipinski definition) is 0. The molecule has 2 aliphatic carbocycles. The molecule has 8 aromatic carbocycles. The van der Waals surface area contributed by atoms with E-state index in [4.69, 9.17) is 0 Å². The Hall–Kier alpha value is -5.63. The minimum atomic E-state index is -0.352. The van der Waals surface area contributed by atoms with Gasteiger partial charge in [0.05, 0.1) is 5.41 Å². The first-order chi connectivity index (χ1) is 23.8. The highest BCUT2D eigenvalue weighted by molar-refractivity contribution is 7.99. The number of rotatable bonds is 2. The van der Waals surface area contributed by atoms with Crippen LogP contribution in [0.25, 0.3) is 66.4 Å². The largest absolute Gasteiger partial charge is 0.0888 e. The van der Waals surface area contributed by atoms with Crippen molar-refractivity contribution >= 4 is 22.5 Å². The molecule has 0 N–H and O–H groups in total. The van der Waals surface area contributed by atoms with Crippen molar-refractivity contribution in [2.75, 3.05) is 0 Å². The molecular formula is C47H28S. The highest BCUT2D eigenvalue weighted by Gasteiger charge is 2.51. The third-order valence-electron chi connectivity index (χ3n) is 10.9. The van der Waals surface area contributed by atoms with Crippen LogP contribution >= 0.6 is 11.8 Å². The van der Waals surface area contributed by atoms with E-state index in [-0.39, 0.29) is 5.41 Å². The third kappa shape index (κ3) is 3.32. The van der Waals surface area contributed by atoms with Crippen molar-refractivity contribution in [2.45, 2.75) is 15.2 Å². The van der Waals surface area contributed by atoms with E-state index in [9.17, 15) is 0 Å². The Balaban J connectivity index is 1.16. The molecular weight excluding hydrogens is 597 g/mol. The second-order valence-electron chi connectivity index (χ2n) is 13.1. The smallest absolute Gasteiger partial charge is 0.0725 e. The molecule has 11 rings (SSSR count). The first-order valence-corrected chi connectivity index (χ1v) is 17.5. The van der Waals surface area contributed by atoms with E-state index >= 15 is 0 Å². The van der Waals surface area contributed by atoms with Gasteiger partial charge in [0.2, 0.25) is 0 Å². The Morgan fingerprint density at radius 3 is 1.52 bits per heavy atom. The van der Waals surface area contributed by atoms with Gasteiger partial charge in [-0.1, -0.05) is 163 Å². The zero-order valence-corrected chi connectivity index (χ0v) is 26.9. The second-order valence-corrected chi connectivity index (χ2v) is 14.2. The van der Waals surface area contributed by atoms with Gasteiger partial charge in [-0.05, 0) is 101 Å². The van der Waals surface area contributed by atoms with E-state index in [2.05, 4.69) is 170 Å². The fourth-order valence-corrected chi connectivity index (χ4v) is 10.2. The van der Waals surface area contributed by atoms with Crippen molar-refractivity contribution in [1.29, 1.82) is 0 Å². The molecule has 0 saturated heterocycles. The highest BCUT2D eigenvalue weighted by Crippen LogP contribution is 2.63. The third-order valence-corrected chi connectivity index (χ3v) is 12.1. The van der Waals surface area contributed by atoms with Gasteiger partial charge < -0.3 is 0 Å².